The molecule has 0 radical (unpaired) electrons. The average Bonchev–Trinajstić information content (AvgIpc) is 2.76. The zero-order valence-electron chi connectivity index (χ0n) is 9.00. The Morgan fingerprint density at radius 2 is 2.00 bits per heavy atom. The van der Waals surface area contributed by atoms with Crippen LogP contribution in [-0.4, -0.2) is 15.9 Å². The predicted octanol–water partition coefficient (Wildman–Crippen LogP) is 3.60. The number of halogens is 3. The number of hydrogen-bond donors (Lipinski definition) is 4. The predicted molar refractivity (Wildman–Crippen MR) is 77.3 cm³/mol. The van der Waals surface area contributed by atoms with Crippen LogP contribution in [0.25, 0.3) is 0 Å². The summed E-state index contributed by atoms with van der Waals surface area (Å²) in [4.78, 5) is 6.76. The van der Waals surface area contributed by atoms with Gasteiger partial charge in [-0.25, -0.2) is 4.98 Å². The Bertz CT molecular complexity index is 526. The molecule has 1 heterocycles. The first-order chi connectivity index (χ1) is 8.15. The van der Waals surface area contributed by atoms with Crippen LogP contribution in [0.5, 0.6) is 0 Å². The molecule has 8 heteroatoms. The maximum absolute atomic E-state index is 7.67. The van der Waals surface area contributed by atoms with Crippen molar-refractivity contribution in [2.75, 3.05) is 10.6 Å². The fraction of sp³-hybridized carbons (Fsp3) is 0. The van der Waals surface area contributed by atoms with Crippen molar-refractivity contribution in [3.8, 4) is 0 Å². The second-order valence-corrected chi connectivity index (χ2v) is 4.01. The van der Waals surface area contributed by atoms with Gasteiger partial charge in [0.15, 0.2) is 5.96 Å². The zero-order chi connectivity index (χ0) is 12.3. The summed E-state index contributed by atoms with van der Waals surface area (Å²) in [5.74, 6) is 0.570. The van der Waals surface area contributed by atoms with Crippen LogP contribution < -0.4 is 10.6 Å². The summed E-state index contributed by atoms with van der Waals surface area (Å²) < 4.78 is 0. The molecule has 4 N–H and O–H groups in total. The van der Waals surface area contributed by atoms with Gasteiger partial charge in [0.05, 0.1) is 10.0 Å². The fourth-order valence-electron chi connectivity index (χ4n) is 1.20. The molecule has 96 valence electrons. The smallest absolute Gasteiger partial charge is 0.206 e. The molecule has 0 saturated carbocycles. The quantitative estimate of drug-likeness (QED) is 0.506. The van der Waals surface area contributed by atoms with E-state index < -0.39 is 0 Å². The molecular formula is C10H10Cl3N5. The van der Waals surface area contributed by atoms with Gasteiger partial charge in [-0.05, 0) is 18.2 Å². The first-order valence-corrected chi connectivity index (χ1v) is 5.48. The van der Waals surface area contributed by atoms with Crippen molar-refractivity contribution in [1.82, 2.24) is 9.97 Å². The minimum atomic E-state index is 0. The summed E-state index contributed by atoms with van der Waals surface area (Å²) in [6.45, 7) is 0. The highest BCUT2D eigenvalue weighted by molar-refractivity contribution is 6.42. The van der Waals surface area contributed by atoms with Gasteiger partial charge in [0.2, 0.25) is 5.95 Å². The lowest BCUT2D eigenvalue weighted by molar-refractivity contribution is 1.28. The van der Waals surface area contributed by atoms with Crippen molar-refractivity contribution in [3.63, 3.8) is 0 Å². The molecule has 0 atom stereocenters. The highest BCUT2D eigenvalue weighted by atomic mass is 35.5. The number of hydrogen-bond acceptors (Lipinski definition) is 2. The lowest BCUT2D eigenvalue weighted by Gasteiger charge is -2.08. The largest absolute Gasteiger partial charge is 0.331 e. The number of guanidine groups is 1. The van der Waals surface area contributed by atoms with Gasteiger partial charge in [-0.15, -0.1) is 12.4 Å². The van der Waals surface area contributed by atoms with E-state index in [1.807, 2.05) is 0 Å². The molecule has 0 fully saturated rings. The van der Waals surface area contributed by atoms with Crippen molar-refractivity contribution in [2.45, 2.75) is 0 Å². The Hall–Kier alpha value is -1.43. The van der Waals surface area contributed by atoms with E-state index in [-0.39, 0.29) is 18.4 Å². The van der Waals surface area contributed by atoms with Crippen molar-refractivity contribution in [2.24, 2.45) is 0 Å². The van der Waals surface area contributed by atoms with Crippen LogP contribution in [0.15, 0.2) is 30.6 Å². The normalized spacial score (nSPS) is 9.44. The molecule has 0 spiro atoms. The third-order valence-corrected chi connectivity index (χ3v) is 2.67. The highest BCUT2D eigenvalue weighted by Crippen LogP contribution is 2.24. The second kappa shape index (κ2) is 6.49. The van der Waals surface area contributed by atoms with Crippen LogP contribution in [0.3, 0.4) is 0 Å². The van der Waals surface area contributed by atoms with Gasteiger partial charge in [-0.1, -0.05) is 23.2 Å². The van der Waals surface area contributed by atoms with Crippen LogP contribution in [0, 0.1) is 5.41 Å². The van der Waals surface area contributed by atoms with E-state index in [4.69, 9.17) is 28.6 Å². The number of anilines is 2. The zero-order valence-corrected chi connectivity index (χ0v) is 11.3. The minimum absolute atomic E-state index is 0. The lowest BCUT2D eigenvalue weighted by Crippen LogP contribution is -2.21. The van der Waals surface area contributed by atoms with Gasteiger partial charge in [0.1, 0.15) is 0 Å². The molecule has 2 rings (SSSR count). The maximum atomic E-state index is 7.67. The Morgan fingerprint density at radius 1 is 1.22 bits per heavy atom. The number of H-pyrrole nitrogens is 1. The van der Waals surface area contributed by atoms with Crippen LogP contribution >= 0.6 is 35.6 Å². The summed E-state index contributed by atoms with van der Waals surface area (Å²) in [6.07, 6.45) is 3.25. The number of aromatic nitrogens is 2. The number of nitrogens with one attached hydrogen (secondary N) is 4. The van der Waals surface area contributed by atoms with Crippen molar-refractivity contribution in [1.29, 1.82) is 5.41 Å². The Kier molecular flexibility index (Phi) is 5.27. The Morgan fingerprint density at radius 3 is 2.61 bits per heavy atom. The molecule has 5 nitrogen and oxygen atoms in total. The minimum Gasteiger partial charge on any atom is -0.331 e. The van der Waals surface area contributed by atoms with Gasteiger partial charge < -0.3 is 10.3 Å². The number of aromatic amines is 1. The molecule has 1 aromatic heterocycles. The van der Waals surface area contributed by atoms with E-state index in [0.717, 1.165) is 0 Å². The van der Waals surface area contributed by atoms with Gasteiger partial charge in [-0.2, -0.15) is 0 Å². The van der Waals surface area contributed by atoms with E-state index in [1.54, 1.807) is 30.6 Å². The lowest BCUT2D eigenvalue weighted by atomic mass is 10.3. The SMILES string of the molecule is Cl.N=C(Nc1ccc(Cl)c(Cl)c1)Nc1ncc[nH]1. The van der Waals surface area contributed by atoms with Crippen LogP contribution in [0.1, 0.15) is 0 Å². The van der Waals surface area contributed by atoms with E-state index in [2.05, 4.69) is 20.6 Å². The van der Waals surface area contributed by atoms with Crippen LogP contribution in [-0.2, 0) is 0 Å². The molecule has 0 unspecified atom stereocenters. The third-order valence-electron chi connectivity index (χ3n) is 1.93. The van der Waals surface area contributed by atoms with E-state index in [0.29, 0.717) is 21.7 Å². The molecule has 0 aliphatic rings. The molecule has 0 amide bonds. The average molecular weight is 307 g/mol. The van der Waals surface area contributed by atoms with Gasteiger partial charge in [0.25, 0.3) is 0 Å². The summed E-state index contributed by atoms with van der Waals surface area (Å²) in [5, 5.41) is 14.1. The van der Waals surface area contributed by atoms with Gasteiger partial charge in [-0.3, -0.25) is 10.7 Å². The summed E-state index contributed by atoms with van der Waals surface area (Å²) >= 11 is 11.6. The molecule has 18 heavy (non-hydrogen) atoms. The molecule has 0 aliphatic heterocycles. The Labute approximate surface area is 120 Å². The van der Waals surface area contributed by atoms with E-state index >= 15 is 0 Å². The standard InChI is InChI=1S/C10H9Cl2N5.ClH/c11-7-2-1-6(5-8(7)12)16-9(13)17-10-14-3-4-15-10;/h1-5H,(H4,13,14,15,16,17);1H. The third kappa shape index (κ3) is 3.80. The molecule has 0 aliphatic carbocycles. The van der Waals surface area contributed by atoms with Crippen LogP contribution in [0.4, 0.5) is 11.6 Å². The topological polar surface area (TPSA) is 76.6 Å². The molecule has 0 saturated heterocycles. The first kappa shape index (κ1) is 14.6. The molecule has 1 aromatic carbocycles. The second-order valence-electron chi connectivity index (χ2n) is 3.19. The Balaban J connectivity index is 0.00000162. The van der Waals surface area contributed by atoms with Crippen LogP contribution in [0.2, 0.25) is 10.0 Å². The number of benzene rings is 1. The number of imidazole rings is 1. The molecule has 2 aromatic rings. The first-order valence-electron chi connectivity index (χ1n) is 4.72. The van der Waals surface area contributed by atoms with E-state index in [9.17, 15) is 0 Å². The van der Waals surface area contributed by atoms with Crippen molar-refractivity contribution >= 4 is 53.2 Å². The summed E-state index contributed by atoms with van der Waals surface area (Å²) in [6, 6.07) is 5.03. The molecular weight excluding hydrogens is 297 g/mol. The van der Waals surface area contributed by atoms with Crippen molar-refractivity contribution in [3.05, 3.63) is 40.6 Å². The van der Waals surface area contributed by atoms with Crippen molar-refractivity contribution < 1.29 is 0 Å². The van der Waals surface area contributed by atoms with Gasteiger partial charge >= 0.3 is 0 Å². The molecule has 0 bridgehead atoms. The highest BCUT2D eigenvalue weighted by Gasteiger charge is 2.02. The summed E-state index contributed by atoms with van der Waals surface area (Å²) in [7, 11) is 0. The maximum Gasteiger partial charge on any atom is 0.206 e. The fourth-order valence-corrected chi connectivity index (χ4v) is 1.50. The monoisotopic (exact) mass is 305 g/mol. The van der Waals surface area contributed by atoms with Gasteiger partial charge in [0, 0.05) is 18.1 Å². The number of rotatable bonds is 2. The number of nitrogens with zero attached hydrogens (tertiary/aromatic N) is 1. The van der Waals surface area contributed by atoms with E-state index in [1.165, 1.54) is 0 Å². The summed E-state index contributed by atoms with van der Waals surface area (Å²) in [5.41, 5.74) is 0.670.